The number of rotatable bonds is 0. The van der Waals surface area contributed by atoms with Gasteiger partial charge in [-0.2, -0.15) is 0 Å². The van der Waals surface area contributed by atoms with Gasteiger partial charge < -0.3 is 0 Å². The maximum Gasteiger partial charge on any atom is 0.264 e. The predicted octanol–water partition coefficient (Wildman–Crippen LogP) is 4.41. The minimum Gasteiger partial charge on any atom is -0.277 e. The highest BCUT2D eigenvalue weighted by Crippen LogP contribution is 2.27. The van der Waals surface area contributed by atoms with Gasteiger partial charge in [0.25, 0.3) is 5.56 Å². The lowest BCUT2D eigenvalue weighted by atomic mass is 10.1. The Balaban J connectivity index is 2.08. The zero-order valence-corrected chi connectivity index (χ0v) is 13.8. The summed E-state index contributed by atoms with van der Waals surface area (Å²) in [6.45, 7) is 0. The zero-order chi connectivity index (χ0) is 17.3. The first-order chi connectivity index (χ1) is 12.8. The molecule has 0 radical (unpaired) electrons. The minimum atomic E-state index is -0.00557. The van der Waals surface area contributed by atoms with E-state index in [0.717, 1.165) is 44.0 Å². The summed E-state index contributed by atoms with van der Waals surface area (Å²) < 4.78 is 3.89. The third kappa shape index (κ3) is 1.58. The Morgan fingerprint density at radius 3 is 2.27 bits per heavy atom. The molecule has 3 heterocycles. The number of fused-ring (bicyclic) bond motifs is 9. The van der Waals surface area contributed by atoms with Gasteiger partial charge in [-0.15, -0.1) is 0 Å². The summed E-state index contributed by atoms with van der Waals surface area (Å²) in [5.74, 6) is 0. The molecule has 0 N–H and O–H groups in total. The van der Waals surface area contributed by atoms with Crippen LogP contribution < -0.4 is 5.56 Å². The Kier molecular flexibility index (Phi) is 2.46. The summed E-state index contributed by atoms with van der Waals surface area (Å²) >= 11 is 0. The third-order valence-corrected chi connectivity index (χ3v) is 5.08. The fourth-order valence-electron chi connectivity index (χ4n) is 3.94. The highest BCUT2D eigenvalue weighted by molar-refractivity contribution is 6.00. The van der Waals surface area contributed by atoms with Crippen LogP contribution in [-0.4, -0.2) is 13.8 Å². The van der Waals surface area contributed by atoms with Crippen LogP contribution in [0.2, 0.25) is 0 Å². The molecule has 0 saturated heterocycles. The van der Waals surface area contributed by atoms with E-state index in [0.29, 0.717) is 0 Å². The van der Waals surface area contributed by atoms with Crippen molar-refractivity contribution in [3.8, 4) is 0 Å². The molecule has 0 saturated carbocycles. The van der Waals surface area contributed by atoms with Crippen molar-refractivity contribution in [1.82, 2.24) is 13.8 Å². The molecule has 26 heavy (non-hydrogen) atoms. The molecule has 0 atom stereocenters. The molecule has 3 aromatic carbocycles. The van der Waals surface area contributed by atoms with Crippen molar-refractivity contribution in [2.24, 2.45) is 0 Å². The highest BCUT2D eigenvalue weighted by Gasteiger charge is 2.15. The van der Waals surface area contributed by atoms with E-state index < -0.39 is 0 Å². The Bertz CT molecular complexity index is 1560. The van der Waals surface area contributed by atoms with E-state index in [1.54, 1.807) is 4.40 Å². The predicted molar refractivity (Wildman–Crippen MR) is 105 cm³/mol. The molecule has 6 aromatic rings. The maximum atomic E-state index is 13.3. The first kappa shape index (κ1) is 13.6. The molecule has 0 spiro atoms. The van der Waals surface area contributed by atoms with E-state index in [1.807, 2.05) is 72.8 Å². The number of hydrogen-bond acceptors (Lipinski definition) is 2. The number of benzene rings is 3. The summed E-state index contributed by atoms with van der Waals surface area (Å²) in [6.07, 6.45) is 0. The average Bonchev–Trinajstić information content (AvgIpc) is 3.08. The average molecular weight is 335 g/mol. The second kappa shape index (κ2) is 4.70. The molecule has 0 bridgehead atoms. The standard InChI is InChI=1S/C22H13N3O/c26-22-15-8-2-1-7-14(15)13-20-24-19-12-6-4-10-17(19)23-21(24)16-9-3-5-11-18(16)25(20)22/h1-13H. The van der Waals surface area contributed by atoms with Gasteiger partial charge in [-0.3, -0.25) is 13.6 Å². The fourth-order valence-corrected chi connectivity index (χ4v) is 3.94. The monoisotopic (exact) mass is 335 g/mol. The van der Waals surface area contributed by atoms with Crippen LogP contribution in [0.25, 0.3) is 44.0 Å². The second-order valence-corrected chi connectivity index (χ2v) is 6.51. The Hall–Kier alpha value is -3.66. The minimum absolute atomic E-state index is 0.00557. The number of para-hydroxylation sites is 3. The van der Waals surface area contributed by atoms with Gasteiger partial charge in [0.1, 0.15) is 11.3 Å². The molecule has 0 aliphatic heterocycles. The largest absolute Gasteiger partial charge is 0.277 e. The highest BCUT2D eigenvalue weighted by atomic mass is 16.1. The van der Waals surface area contributed by atoms with Crippen LogP contribution >= 0.6 is 0 Å². The molecule has 0 aliphatic carbocycles. The molecule has 0 unspecified atom stereocenters. The van der Waals surface area contributed by atoms with E-state index in [9.17, 15) is 4.79 Å². The lowest BCUT2D eigenvalue weighted by Gasteiger charge is -2.11. The van der Waals surface area contributed by atoms with Crippen molar-refractivity contribution in [3.63, 3.8) is 0 Å². The van der Waals surface area contributed by atoms with Gasteiger partial charge in [0.2, 0.25) is 0 Å². The first-order valence-corrected chi connectivity index (χ1v) is 8.55. The Morgan fingerprint density at radius 2 is 1.38 bits per heavy atom. The molecule has 0 aliphatic rings. The van der Waals surface area contributed by atoms with Crippen LogP contribution in [0.15, 0.2) is 83.7 Å². The van der Waals surface area contributed by atoms with E-state index in [-0.39, 0.29) is 5.56 Å². The molecule has 6 rings (SSSR count). The maximum absolute atomic E-state index is 13.3. The van der Waals surface area contributed by atoms with Crippen LogP contribution in [0, 0.1) is 0 Å². The van der Waals surface area contributed by atoms with Gasteiger partial charge in [-0.05, 0) is 41.8 Å². The van der Waals surface area contributed by atoms with Gasteiger partial charge >= 0.3 is 0 Å². The topological polar surface area (TPSA) is 38.8 Å². The zero-order valence-electron chi connectivity index (χ0n) is 13.8. The van der Waals surface area contributed by atoms with Gasteiger partial charge in [-0.1, -0.05) is 42.5 Å². The Labute approximate surface area is 147 Å². The van der Waals surface area contributed by atoms with Crippen LogP contribution in [0.3, 0.4) is 0 Å². The van der Waals surface area contributed by atoms with Gasteiger partial charge in [0.15, 0.2) is 0 Å². The number of aromatic nitrogens is 3. The Morgan fingerprint density at radius 1 is 0.692 bits per heavy atom. The van der Waals surface area contributed by atoms with Crippen LogP contribution in [0.5, 0.6) is 0 Å². The van der Waals surface area contributed by atoms with Crippen molar-refractivity contribution in [1.29, 1.82) is 0 Å². The second-order valence-electron chi connectivity index (χ2n) is 6.51. The number of pyridine rings is 1. The lowest BCUT2D eigenvalue weighted by molar-refractivity contribution is 1.10. The van der Waals surface area contributed by atoms with Crippen molar-refractivity contribution < 1.29 is 0 Å². The summed E-state index contributed by atoms with van der Waals surface area (Å²) in [5, 5.41) is 2.62. The molecular weight excluding hydrogens is 322 g/mol. The van der Waals surface area contributed by atoms with Crippen molar-refractivity contribution in [3.05, 3.63) is 89.2 Å². The number of imidazole rings is 1. The number of hydrogen-bond donors (Lipinski definition) is 0. The van der Waals surface area contributed by atoms with E-state index >= 15 is 0 Å². The van der Waals surface area contributed by atoms with Crippen molar-refractivity contribution in [2.45, 2.75) is 0 Å². The molecule has 0 amide bonds. The number of nitrogens with zero attached hydrogens (tertiary/aromatic N) is 3. The van der Waals surface area contributed by atoms with Gasteiger partial charge in [0, 0.05) is 10.8 Å². The van der Waals surface area contributed by atoms with E-state index in [2.05, 4.69) is 10.5 Å². The van der Waals surface area contributed by atoms with Gasteiger partial charge in [-0.25, -0.2) is 4.98 Å². The lowest BCUT2D eigenvalue weighted by Crippen LogP contribution is -2.16. The summed E-state index contributed by atoms with van der Waals surface area (Å²) in [4.78, 5) is 18.2. The molecule has 4 heteroatoms. The quantitative estimate of drug-likeness (QED) is 0.305. The van der Waals surface area contributed by atoms with E-state index in [4.69, 9.17) is 4.98 Å². The molecule has 3 aromatic heterocycles. The van der Waals surface area contributed by atoms with Crippen molar-refractivity contribution in [2.75, 3.05) is 0 Å². The van der Waals surface area contributed by atoms with Crippen LogP contribution in [0.1, 0.15) is 0 Å². The molecule has 122 valence electrons. The van der Waals surface area contributed by atoms with Crippen LogP contribution in [-0.2, 0) is 0 Å². The van der Waals surface area contributed by atoms with Gasteiger partial charge in [0.05, 0.1) is 16.6 Å². The molecule has 4 nitrogen and oxygen atoms in total. The third-order valence-electron chi connectivity index (χ3n) is 5.08. The molecular formula is C22H13N3O. The first-order valence-electron chi connectivity index (χ1n) is 8.55. The summed E-state index contributed by atoms with van der Waals surface area (Å²) in [6, 6.07) is 25.8. The summed E-state index contributed by atoms with van der Waals surface area (Å²) in [7, 11) is 0. The van der Waals surface area contributed by atoms with E-state index in [1.165, 1.54) is 0 Å². The smallest absolute Gasteiger partial charge is 0.264 e. The SMILES string of the molecule is O=c1c2ccccc2cc2n1c1ccccc1c1nc3ccccc3n12. The van der Waals surface area contributed by atoms with Crippen molar-refractivity contribution >= 4 is 44.0 Å². The van der Waals surface area contributed by atoms with Crippen LogP contribution in [0.4, 0.5) is 0 Å². The fraction of sp³-hybridized carbons (Fsp3) is 0. The normalized spacial score (nSPS) is 12.0. The summed E-state index contributed by atoms with van der Waals surface area (Å²) in [5.41, 5.74) is 4.49. The molecule has 0 fully saturated rings.